The van der Waals surface area contributed by atoms with Crippen LogP contribution >= 0.6 is 11.8 Å². The normalized spacial score (nSPS) is 12.2. The highest BCUT2D eigenvalue weighted by Gasteiger charge is 2.21. The first-order valence-electron chi connectivity index (χ1n) is 9.00. The maximum Gasteiger partial charge on any atom is 0.237 e. The van der Waals surface area contributed by atoms with E-state index in [-0.39, 0.29) is 23.5 Å². The van der Waals surface area contributed by atoms with E-state index >= 15 is 0 Å². The molecule has 2 amide bonds. The number of aromatic nitrogens is 3. The summed E-state index contributed by atoms with van der Waals surface area (Å²) in [7, 11) is 0. The van der Waals surface area contributed by atoms with E-state index in [1.807, 2.05) is 42.7 Å². The standard InChI is InChI=1S/C19H27N5O2S/c1-12(2)11-24-17(10-9-16(20)25)22-23-19(24)27-14(4)18(26)21-15-7-5-13(3)6-8-15/h5-8,12,14H,9-11H2,1-4H3,(H2,20,25)(H,21,26). The molecule has 0 aliphatic carbocycles. The molecule has 0 radical (unpaired) electrons. The van der Waals surface area contributed by atoms with Gasteiger partial charge in [0, 0.05) is 25.1 Å². The van der Waals surface area contributed by atoms with Gasteiger partial charge < -0.3 is 15.6 Å². The van der Waals surface area contributed by atoms with Crippen LogP contribution in [0.2, 0.25) is 0 Å². The maximum atomic E-state index is 12.5. The molecule has 1 atom stereocenters. The molecule has 0 spiro atoms. The van der Waals surface area contributed by atoms with Gasteiger partial charge >= 0.3 is 0 Å². The van der Waals surface area contributed by atoms with Crippen LogP contribution in [0.25, 0.3) is 0 Å². The molecule has 146 valence electrons. The van der Waals surface area contributed by atoms with Crippen molar-refractivity contribution >= 4 is 29.3 Å². The van der Waals surface area contributed by atoms with Crippen LogP contribution < -0.4 is 11.1 Å². The number of anilines is 1. The number of aryl methyl sites for hydroxylation is 2. The van der Waals surface area contributed by atoms with Crippen molar-refractivity contribution in [1.82, 2.24) is 14.8 Å². The van der Waals surface area contributed by atoms with Crippen LogP contribution in [0.15, 0.2) is 29.4 Å². The molecule has 1 aromatic carbocycles. The van der Waals surface area contributed by atoms with Gasteiger partial charge in [-0.1, -0.05) is 43.3 Å². The molecular weight excluding hydrogens is 362 g/mol. The van der Waals surface area contributed by atoms with E-state index in [0.29, 0.717) is 17.5 Å². The minimum absolute atomic E-state index is 0.0957. The number of primary amides is 1. The predicted molar refractivity (Wildman–Crippen MR) is 108 cm³/mol. The number of carbonyl (C=O) groups excluding carboxylic acids is 2. The molecule has 0 saturated carbocycles. The van der Waals surface area contributed by atoms with E-state index in [1.165, 1.54) is 11.8 Å². The molecule has 2 aromatic rings. The van der Waals surface area contributed by atoms with Crippen LogP contribution in [0, 0.1) is 12.8 Å². The number of amides is 2. The highest BCUT2D eigenvalue weighted by Crippen LogP contribution is 2.25. The van der Waals surface area contributed by atoms with Crippen molar-refractivity contribution in [2.75, 3.05) is 5.32 Å². The summed E-state index contributed by atoms with van der Waals surface area (Å²) in [5.41, 5.74) is 7.15. The summed E-state index contributed by atoms with van der Waals surface area (Å²) in [6, 6.07) is 7.68. The molecule has 27 heavy (non-hydrogen) atoms. The fraction of sp³-hybridized carbons (Fsp3) is 0.474. The number of thioether (sulfide) groups is 1. The van der Waals surface area contributed by atoms with Gasteiger partial charge in [-0.15, -0.1) is 10.2 Å². The molecule has 0 bridgehead atoms. The number of hydrogen-bond acceptors (Lipinski definition) is 5. The summed E-state index contributed by atoms with van der Waals surface area (Å²) in [5, 5.41) is 11.7. The quantitative estimate of drug-likeness (QED) is 0.642. The van der Waals surface area contributed by atoms with Crippen LogP contribution in [0.3, 0.4) is 0 Å². The first-order valence-corrected chi connectivity index (χ1v) is 9.88. The van der Waals surface area contributed by atoms with Gasteiger partial charge in [0.05, 0.1) is 5.25 Å². The van der Waals surface area contributed by atoms with Gasteiger partial charge in [0.1, 0.15) is 5.82 Å². The molecule has 3 N–H and O–H groups in total. The number of benzene rings is 1. The van der Waals surface area contributed by atoms with Crippen molar-refractivity contribution in [3.8, 4) is 0 Å². The number of hydrogen-bond donors (Lipinski definition) is 2. The summed E-state index contributed by atoms with van der Waals surface area (Å²) in [6.45, 7) is 8.75. The molecule has 8 heteroatoms. The second-order valence-corrected chi connectivity index (χ2v) is 8.29. The van der Waals surface area contributed by atoms with Crippen molar-refractivity contribution in [2.24, 2.45) is 11.7 Å². The smallest absolute Gasteiger partial charge is 0.237 e. The van der Waals surface area contributed by atoms with Gasteiger partial charge in [0.25, 0.3) is 0 Å². The first kappa shape index (κ1) is 21.0. The lowest BCUT2D eigenvalue weighted by Gasteiger charge is -2.15. The topological polar surface area (TPSA) is 103 Å². The Balaban J connectivity index is 2.08. The molecule has 0 saturated heterocycles. The van der Waals surface area contributed by atoms with Crippen LogP contribution in [-0.4, -0.2) is 31.8 Å². The highest BCUT2D eigenvalue weighted by atomic mass is 32.2. The first-order chi connectivity index (χ1) is 12.8. The second-order valence-electron chi connectivity index (χ2n) is 6.98. The van der Waals surface area contributed by atoms with Crippen molar-refractivity contribution in [3.63, 3.8) is 0 Å². The summed E-state index contributed by atoms with van der Waals surface area (Å²) >= 11 is 1.36. The van der Waals surface area contributed by atoms with Gasteiger partial charge in [-0.05, 0) is 31.9 Å². The van der Waals surface area contributed by atoms with Crippen LogP contribution in [0.4, 0.5) is 5.69 Å². The summed E-state index contributed by atoms with van der Waals surface area (Å²) in [6.07, 6.45) is 0.671. The zero-order valence-electron chi connectivity index (χ0n) is 16.2. The Kier molecular flexibility index (Phi) is 7.41. The van der Waals surface area contributed by atoms with E-state index in [0.717, 1.165) is 23.6 Å². The molecule has 1 heterocycles. The molecule has 0 fully saturated rings. The summed E-state index contributed by atoms with van der Waals surface area (Å²) in [5.74, 6) is 0.635. The minimum Gasteiger partial charge on any atom is -0.370 e. The average Bonchev–Trinajstić information content (AvgIpc) is 2.96. The van der Waals surface area contributed by atoms with Gasteiger partial charge in [-0.2, -0.15) is 0 Å². The van der Waals surface area contributed by atoms with E-state index in [1.54, 1.807) is 0 Å². The third kappa shape index (κ3) is 6.39. The van der Waals surface area contributed by atoms with Crippen molar-refractivity contribution in [3.05, 3.63) is 35.7 Å². The van der Waals surface area contributed by atoms with E-state index in [2.05, 4.69) is 29.4 Å². The largest absolute Gasteiger partial charge is 0.370 e. The Hall–Kier alpha value is -2.35. The Bertz CT molecular complexity index is 786. The molecule has 1 aromatic heterocycles. The molecule has 0 aliphatic rings. The van der Waals surface area contributed by atoms with Crippen molar-refractivity contribution in [1.29, 1.82) is 0 Å². The molecule has 7 nitrogen and oxygen atoms in total. The van der Waals surface area contributed by atoms with Crippen molar-refractivity contribution < 1.29 is 9.59 Å². The van der Waals surface area contributed by atoms with Crippen LogP contribution in [-0.2, 0) is 22.6 Å². The lowest BCUT2D eigenvalue weighted by molar-refractivity contribution is -0.118. The fourth-order valence-electron chi connectivity index (χ4n) is 2.47. The lowest BCUT2D eigenvalue weighted by atomic mass is 10.2. The number of nitrogens with zero attached hydrogens (tertiary/aromatic N) is 3. The minimum atomic E-state index is -0.367. The Labute approximate surface area is 164 Å². The number of carbonyl (C=O) groups is 2. The average molecular weight is 390 g/mol. The third-order valence-electron chi connectivity index (χ3n) is 3.91. The number of nitrogens with two attached hydrogens (primary N) is 1. The zero-order valence-corrected chi connectivity index (χ0v) is 17.0. The van der Waals surface area contributed by atoms with Gasteiger partial charge in [-0.3, -0.25) is 9.59 Å². The molecule has 2 rings (SSSR count). The van der Waals surface area contributed by atoms with E-state index in [9.17, 15) is 9.59 Å². The SMILES string of the molecule is Cc1ccc(NC(=O)C(C)Sc2nnc(CCC(N)=O)n2CC(C)C)cc1. The lowest BCUT2D eigenvalue weighted by Crippen LogP contribution is -2.23. The van der Waals surface area contributed by atoms with Crippen LogP contribution in [0.5, 0.6) is 0 Å². The second kappa shape index (κ2) is 9.55. The molecular formula is C19H27N5O2S. The Morgan fingerprint density at radius 2 is 1.85 bits per heavy atom. The highest BCUT2D eigenvalue weighted by molar-refractivity contribution is 8.00. The maximum absolute atomic E-state index is 12.5. The zero-order chi connectivity index (χ0) is 20.0. The van der Waals surface area contributed by atoms with Crippen molar-refractivity contribution in [2.45, 2.75) is 57.5 Å². The monoisotopic (exact) mass is 389 g/mol. The number of nitrogens with one attached hydrogen (secondary N) is 1. The van der Waals surface area contributed by atoms with Gasteiger partial charge in [-0.25, -0.2) is 0 Å². The molecule has 0 aliphatic heterocycles. The van der Waals surface area contributed by atoms with E-state index < -0.39 is 0 Å². The van der Waals surface area contributed by atoms with E-state index in [4.69, 9.17) is 5.73 Å². The molecule has 1 unspecified atom stereocenters. The van der Waals surface area contributed by atoms with Gasteiger partial charge in [0.15, 0.2) is 5.16 Å². The summed E-state index contributed by atoms with van der Waals surface area (Å²) < 4.78 is 1.98. The Morgan fingerprint density at radius 3 is 2.44 bits per heavy atom. The van der Waals surface area contributed by atoms with Crippen LogP contribution in [0.1, 0.15) is 38.6 Å². The summed E-state index contributed by atoms with van der Waals surface area (Å²) in [4.78, 5) is 23.6. The number of rotatable bonds is 9. The fourth-order valence-corrected chi connectivity index (χ4v) is 3.34. The predicted octanol–water partition coefficient (Wildman–Crippen LogP) is 2.78. The third-order valence-corrected chi connectivity index (χ3v) is 4.99. The Morgan fingerprint density at radius 1 is 1.19 bits per heavy atom. The van der Waals surface area contributed by atoms with Gasteiger partial charge in [0.2, 0.25) is 11.8 Å².